The monoisotopic (exact) mass is 564 g/mol. The molecule has 0 aliphatic rings. The predicted octanol–water partition coefficient (Wildman–Crippen LogP) is 3.53. The lowest BCUT2D eigenvalue weighted by Crippen LogP contribution is -2.44. The van der Waals surface area contributed by atoms with Crippen molar-refractivity contribution in [3.05, 3.63) is 29.8 Å². The molecule has 1 aromatic carbocycles. The maximum absolute atomic E-state index is 12.8. The summed E-state index contributed by atoms with van der Waals surface area (Å²) in [7, 11) is 0. The lowest BCUT2D eigenvalue weighted by molar-refractivity contribution is -0.127. The van der Waals surface area contributed by atoms with Gasteiger partial charge in [-0.05, 0) is 49.1 Å². The van der Waals surface area contributed by atoms with Crippen LogP contribution >= 0.6 is 24.8 Å². The van der Waals surface area contributed by atoms with E-state index in [4.69, 9.17) is 16.2 Å². The third-order valence-corrected chi connectivity index (χ3v) is 6.51. The fraction of sp³-hybridized carbons (Fsp3) is 0.704. The summed E-state index contributed by atoms with van der Waals surface area (Å²) >= 11 is 0. The molecule has 7 N–H and O–H groups in total. The number of hydrogen-bond donors (Lipinski definition) is 5. The Hall–Kier alpha value is -1.58. The Morgan fingerprint density at radius 1 is 1.03 bits per heavy atom. The van der Waals surface area contributed by atoms with Crippen LogP contribution in [0.5, 0.6) is 5.75 Å². The van der Waals surface area contributed by atoms with Crippen LogP contribution in [0.2, 0.25) is 0 Å². The molecule has 2 amide bonds. The smallest absolute Gasteiger partial charge is 0.255 e. The minimum absolute atomic E-state index is 0. The average molecular weight is 566 g/mol. The maximum Gasteiger partial charge on any atom is 0.255 e. The summed E-state index contributed by atoms with van der Waals surface area (Å²) in [5, 5.41) is 16.8. The van der Waals surface area contributed by atoms with Gasteiger partial charge in [-0.1, -0.05) is 53.2 Å². The molecule has 10 heteroatoms. The Labute approximate surface area is 235 Å². The summed E-state index contributed by atoms with van der Waals surface area (Å²) in [6, 6.07) is 6.58. The molecule has 0 aromatic heterocycles. The molecule has 1 rings (SSSR count). The van der Waals surface area contributed by atoms with Crippen LogP contribution in [0.4, 0.5) is 0 Å². The fourth-order valence-electron chi connectivity index (χ4n) is 4.00. The molecule has 0 aliphatic carbocycles. The van der Waals surface area contributed by atoms with E-state index in [2.05, 4.69) is 31.4 Å². The Balaban J connectivity index is 0. The van der Waals surface area contributed by atoms with E-state index in [1.165, 1.54) is 0 Å². The van der Waals surface area contributed by atoms with Gasteiger partial charge in [0, 0.05) is 31.6 Å². The second kappa shape index (κ2) is 20.4. The van der Waals surface area contributed by atoms with Crippen molar-refractivity contribution in [2.24, 2.45) is 35.1 Å². The molecular formula is C27H50Cl2N4O4. The highest BCUT2D eigenvalue weighted by Gasteiger charge is 2.29. The molecule has 0 aliphatic heterocycles. The van der Waals surface area contributed by atoms with Gasteiger partial charge in [0.2, 0.25) is 5.91 Å². The number of benzene rings is 1. The van der Waals surface area contributed by atoms with Crippen molar-refractivity contribution in [1.82, 2.24) is 10.6 Å². The topological polar surface area (TPSA) is 140 Å². The number of aliphatic hydroxyl groups is 1. The first kappa shape index (κ1) is 37.6. The van der Waals surface area contributed by atoms with Gasteiger partial charge < -0.3 is 31.9 Å². The number of carbonyl (C=O) groups is 2. The van der Waals surface area contributed by atoms with Crippen LogP contribution < -0.4 is 26.8 Å². The van der Waals surface area contributed by atoms with E-state index in [1.54, 1.807) is 18.2 Å². The molecule has 0 fully saturated rings. The van der Waals surface area contributed by atoms with Crippen LogP contribution in [-0.2, 0) is 4.79 Å². The first-order valence-electron chi connectivity index (χ1n) is 13.0. The third-order valence-electron chi connectivity index (χ3n) is 6.51. The Kier molecular flexibility index (Phi) is 20.7. The van der Waals surface area contributed by atoms with Crippen molar-refractivity contribution in [3.63, 3.8) is 0 Å². The summed E-state index contributed by atoms with van der Waals surface area (Å²) < 4.78 is 5.59. The minimum atomic E-state index is -0.804. The highest BCUT2D eigenvalue weighted by molar-refractivity contribution is 5.96. The van der Waals surface area contributed by atoms with E-state index < -0.39 is 12.1 Å². The lowest BCUT2D eigenvalue weighted by atomic mass is 9.83. The normalized spacial score (nSPS) is 14.1. The van der Waals surface area contributed by atoms with Crippen molar-refractivity contribution in [2.75, 3.05) is 26.2 Å². The number of ether oxygens (including phenoxy) is 1. The molecule has 216 valence electrons. The number of nitrogens with one attached hydrogen (secondary N) is 2. The van der Waals surface area contributed by atoms with Gasteiger partial charge in [0.05, 0.1) is 11.7 Å². The van der Waals surface area contributed by atoms with E-state index in [1.807, 2.05) is 19.9 Å². The zero-order valence-corrected chi connectivity index (χ0v) is 24.7. The van der Waals surface area contributed by atoms with Crippen molar-refractivity contribution in [3.8, 4) is 5.75 Å². The molecule has 0 bridgehead atoms. The summed E-state index contributed by atoms with van der Waals surface area (Å²) in [6.07, 6.45) is 2.00. The molecule has 0 radical (unpaired) electrons. The zero-order valence-electron chi connectivity index (χ0n) is 23.1. The highest BCUT2D eigenvalue weighted by atomic mass is 35.5. The summed E-state index contributed by atoms with van der Waals surface area (Å²) in [5.41, 5.74) is 12.4. The number of hydrogen-bond acceptors (Lipinski definition) is 6. The average Bonchev–Trinajstić information content (AvgIpc) is 2.82. The van der Waals surface area contributed by atoms with Gasteiger partial charge in [-0.15, -0.1) is 24.8 Å². The molecule has 0 spiro atoms. The molecule has 37 heavy (non-hydrogen) atoms. The zero-order chi connectivity index (χ0) is 26.4. The predicted molar refractivity (Wildman–Crippen MR) is 156 cm³/mol. The number of halogens is 2. The standard InChI is InChI=1S/C27H48N4O4.2ClH/c1-6-7-13-30-27(34)22(19(4)5)16-24(32)23(29)15-20(18(2)3)17-31-26(33)21-10-8-9-11-25(21)35-14-12-28;;/h8-11,18-20,22-24,32H,6-7,12-17,28-29H2,1-5H3,(H,30,34)(H,31,33);2*1H. The van der Waals surface area contributed by atoms with Gasteiger partial charge in [-0.25, -0.2) is 0 Å². The molecule has 4 unspecified atom stereocenters. The van der Waals surface area contributed by atoms with Gasteiger partial charge in [0.15, 0.2) is 0 Å². The van der Waals surface area contributed by atoms with Gasteiger partial charge >= 0.3 is 0 Å². The van der Waals surface area contributed by atoms with Crippen LogP contribution in [0.3, 0.4) is 0 Å². The van der Waals surface area contributed by atoms with Gasteiger partial charge in [0.1, 0.15) is 12.4 Å². The van der Waals surface area contributed by atoms with E-state index in [-0.39, 0.29) is 60.3 Å². The third kappa shape index (κ3) is 13.7. The van der Waals surface area contributed by atoms with Crippen molar-refractivity contribution < 1.29 is 19.4 Å². The van der Waals surface area contributed by atoms with Crippen molar-refractivity contribution in [1.29, 1.82) is 0 Å². The van der Waals surface area contributed by atoms with Crippen LogP contribution in [-0.4, -0.2) is 55.3 Å². The number of unbranched alkanes of at least 4 members (excludes halogenated alkanes) is 1. The molecular weight excluding hydrogens is 515 g/mol. The van der Waals surface area contributed by atoms with Crippen LogP contribution in [0.1, 0.15) is 70.7 Å². The Morgan fingerprint density at radius 2 is 1.68 bits per heavy atom. The number of carbonyl (C=O) groups excluding carboxylic acids is 2. The van der Waals surface area contributed by atoms with Gasteiger partial charge in [0.25, 0.3) is 5.91 Å². The van der Waals surface area contributed by atoms with E-state index in [0.29, 0.717) is 50.4 Å². The molecule has 0 heterocycles. The van der Waals surface area contributed by atoms with Gasteiger partial charge in [-0.3, -0.25) is 9.59 Å². The first-order chi connectivity index (χ1) is 16.6. The number of para-hydroxylation sites is 1. The minimum Gasteiger partial charge on any atom is -0.491 e. The SMILES string of the molecule is CCCCNC(=O)C(CC(O)C(N)CC(CNC(=O)c1ccccc1OCCN)C(C)C)C(C)C.Cl.Cl. The summed E-state index contributed by atoms with van der Waals surface area (Å²) in [6.45, 7) is 12.0. The largest absolute Gasteiger partial charge is 0.491 e. The van der Waals surface area contributed by atoms with Crippen molar-refractivity contribution >= 4 is 36.6 Å². The quantitative estimate of drug-likeness (QED) is 0.183. The number of aliphatic hydroxyl groups excluding tert-OH is 1. The fourth-order valence-corrected chi connectivity index (χ4v) is 4.00. The molecule has 0 saturated heterocycles. The van der Waals surface area contributed by atoms with Crippen molar-refractivity contribution in [2.45, 2.75) is 72.4 Å². The first-order valence-corrected chi connectivity index (χ1v) is 13.0. The lowest BCUT2D eigenvalue weighted by Gasteiger charge is -2.30. The van der Waals surface area contributed by atoms with E-state index in [9.17, 15) is 14.7 Å². The van der Waals surface area contributed by atoms with E-state index >= 15 is 0 Å². The number of amides is 2. The van der Waals surface area contributed by atoms with E-state index in [0.717, 1.165) is 12.8 Å². The molecule has 0 saturated carbocycles. The second-order valence-electron chi connectivity index (χ2n) is 10.0. The summed E-state index contributed by atoms with van der Waals surface area (Å²) in [5.74, 6) is 0.368. The molecule has 4 atom stereocenters. The maximum atomic E-state index is 12.8. The number of nitrogens with two attached hydrogens (primary N) is 2. The number of rotatable bonds is 17. The summed E-state index contributed by atoms with van der Waals surface area (Å²) in [4.78, 5) is 25.5. The molecule has 8 nitrogen and oxygen atoms in total. The Morgan fingerprint density at radius 3 is 2.24 bits per heavy atom. The second-order valence-corrected chi connectivity index (χ2v) is 10.0. The molecule has 1 aromatic rings. The van der Waals surface area contributed by atoms with Crippen LogP contribution in [0.15, 0.2) is 24.3 Å². The van der Waals surface area contributed by atoms with Crippen LogP contribution in [0.25, 0.3) is 0 Å². The van der Waals surface area contributed by atoms with Gasteiger partial charge in [-0.2, -0.15) is 0 Å². The van der Waals surface area contributed by atoms with Crippen LogP contribution in [0, 0.1) is 23.7 Å². The highest BCUT2D eigenvalue weighted by Crippen LogP contribution is 2.24. The Bertz CT molecular complexity index is 768.